The summed E-state index contributed by atoms with van der Waals surface area (Å²) in [6.45, 7) is 5.58. The average Bonchev–Trinajstić information content (AvgIpc) is 2.86. The third-order valence-corrected chi connectivity index (χ3v) is 6.21. The Morgan fingerprint density at radius 2 is 2.04 bits per heavy atom. The van der Waals surface area contributed by atoms with Crippen LogP contribution in [0.25, 0.3) is 0 Å². The molecule has 4 atom stereocenters. The minimum absolute atomic E-state index is 0.0228. The van der Waals surface area contributed by atoms with E-state index in [4.69, 9.17) is 4.74 Å². The normalized spacial score (nSPS) is 28.5. The number of amides is 1. The van der Waals surface area contributed by atoms with E-state index in [1.54, 1.807) is 30.5 Å². The molecular formula is C19H25NO4S. The Morgan fingerprint density at radius 3 is 2.64 bits per heavy atom. The fourth-order valence-corrected chi connectivity index (χ4v) is 5.12. The van der Waals surface area contributed by atoms with Gasteiger partial charge in [-0.2, -0.15) is 11.8 Å². The number of esters is 1. The summed E-state index contributed by atoms with van der Waals surface area (Å²) >= 11 is 1.68. The predicted molar refractivity (Wildman–Crippen MR) is 97.0 cm³/mol. The summed E-state index contributed by atoms with van der Waals surface area (Å²) in [4.78, 5) is 26.9. The van der Waals surface area contributed by atoms with E-state index in [0.717, 1.165) is 17.7 Å². The number of rotatable bonds is 6. The molecule has 0 saturated carbocycles. The van der Waals surface area contributed by atoms with Crippen molar-refractivity contribution in [2.75, 3.05) is 5.75 Å². The molecule has 2 aliphatic rings. The summed E-state index contributed by atoms with van der Waals surface area (Å²) in [5, 5.41) is 10.3. The van der Waals surface area contributed by atoms with E-state index in [0.29, 0.717) is 0 Å². The number of hydrogen-bond donors (Lipinski definition) is 1. The molecule has 0 aromatic heterocycles. The molecular weight excluding hydrogens is 338 g/mol. The highest BCUT2D eigenvalue weighted by atomic mass is 32.2. The van der Waals surface area contributed by atoms with Gasteiger partial charge < -0.3 is 14.7 Å². The van der Waals surface area contributed by atoms with Gasteiger partial charge in [-0.25, -0.2) is 4.79 Å². The van der Waals surface area contributed by atoms with Crippen molar-refractivity contribution >= 4 is 23.6 Å². The van der Waals surface area contributed by atoms with Gasteiger partial charge >= 0.3 is 5.97 Å². The summed E-state index contributed by atoms with van der Waals surface area (Å²) in [7, 11) is 0. The number of carbonyl (C=O) groups excluding carboxylic acids is 2. The maximum absolute atomic E-state index is 12.7. The van der Waals surface area contributed by atoms with Gasteiger partial charge in [0.2, 0.25) is 5.91 Å². The molecule has 1 N–H and O–H groups in total. The zero-order valence-electron chi connectivity index (χ0n) is 14.8. The van der Waals surface area contributed by atoms with E-state index in [9.17, 15) is 14.7 Å². The quantitative estimate of drug-likeness (QED) is 0.620. The summed E-state index contributed by atoms with van der Waals surface area (Å²) in [5.41, 5.74) is -0.142. The van der Waals surface area contributed by atoms with Crippen LogP contribution in [0.2, 0.25) is 0 Å². The fourth-order valence-electron chi connectivity index (χ4n) is 3.93. The average molecular weight is 363 g/mol. The highest BCUT2D eigenvalue weighted by Gasteiger charge is 2.63. The molecule has 2 saturated heterocycles. The van der Waals surface area contributed by atoms with Crippen LogP contribution in [0, 0.1) is 5.92 Å². The number of thioether (sulfide) groups is 1. The standard InChI is InChI=1S/C19H25NO4S/c1-4-25-14-10-13-15(19(2,3)23)17(21)20(13)16(14)18(22)24-11-12-8-6-5-7-9-12/h5-9,13-16,23H,4,10-11H2,1-3H3/t13-,14?,15+,16-/m0/s1. The Bertz CT molecular complexity index is 643. The van der Waals surface area contributed by atoms with E-state index in [1.807, 2.05) is 37.3 Å². The molecule has 0 aliphatic carbocycles. The van der Waals surface area contributed by atoms with Crippen molar-refractivity contribution in [3.05, 3.63) is 35.9 Å². The molecule has 0 bridgehead atoms. The van der Waals surface area contributed by atoms with Gasteiger partial charge in [0.15, 0.2) is 0 Å². The number of carbonyl (C=O) groups is 2. The summed E-state index contributed by atoms with van der Waals surface area (Å²) in [5.74, 6) is -0.0488. The molecule has 3 rings (SSSR count). The van der Waals surface area contributed by atoms with Crippen LogP contribution in [0.1, 0.15) is 32.8 Å². The first-order chi connectivity index (χ1) is 11.8. The van der Waals surface area contributed by atoms with Gasteiger partial charge in [-0.05, 0) is 31.6 Å². The molecule has 25 heavy (non-hydrogen) atoms. The van der Waals surface area contributed by atoms with Crippen LogP contribution in [0.3, 0.4) is 0 Å². The number of aliphatic hydroxyl groups is 1. The smallest absolute Gasteiger partial charge is 0.330 e. The van der Waals surface area contributed by atoms with Crippen LogP contribution in [0.4, 0.5) is 0 Å². The lowest BCUT2D eigenvalue weighted by Gasteiger charge is -2.49. The number of fused-ring (bicyclic) bond motifs is 1. The van der Waals surface area contributed by atoms with Gasteiger partial charge in [-0.15, -0.1) is 0 Å². The van der Waals surface area contributed by atoms with Crippen LogP contribution < -0.4 is 0 Å². The highest BCUT2D eigenvalue weighted by molar-refractivity contribution is 7.99. The maximum atomic E-state index is 12.7. The summed E-state index contributed by atoms with van der Waals surface area (Å²) < 4.78 is 5.50. The molecule has 2 fully saturated rings. The SMILES string of the molecule is CCSC1C[C@H]2[C@@H](C(C)(C)O)C(=O)N2[C@@H]1C(=O)OCc1ccccc1. The largest absolute Gasteiger partial charge is 0.459 e. The van der Waals surface area contributed by atoms with E-state index in [-0.39, 0.29) is 29.8 Å². The number of ether oxygens (including phenoxy) is 1. The first-order valence-electron chi connectivity index (χ1n) is 8.71. The van der Waals surface area contributed by atoms with Crippen LogP contribution in [0.5, 0.6) is 0 Å². The molecule has 0 spiro atoms. The lowest BCUT2D eigenvalue weighted by molar-refractivity contribution is -0.179. The molecule has 1 aromatic rings. The highest BCUT2D eigenvalue weighted by Crippen LogP contribution is 2.47. The molecule has 1 aromatic carbocycles. The van der Waals surface area contributed by atoms with Gasteiger partial charge in [0, 0.05) is 11.3 Å². The number of β-lactam (4-membered cyclic amide) rings is 1. The van der Waals surface area contributed by atoms with Gasteiger partial charge in [-0.3, -0.25) is 4.79 Å². The van der Waals surface area contributed by atoms with Crippen molar-refractivity contribution in [2.45, 2.75) is 56.7 Å². The van der Waals surface area contributed by atoms with Crippen LogP contribution in [-0.2, 0) is 20.9 Å². The van der Waals surface area contributed by atoms with E-state index >= 15 is 0 Å². The van der Waals surface area contributed by atoms with Crippen LogP contribution >= 0.6 is 11.8 Å². The monoisotopic (exact) mass is 363 g/mol. The van der Waals surface area contributed by atoms with Crippen molar-refractivity contribution in [3.63, 3.8) is 0 Å². The topological polar surface area (TPSA) is 66.8 Å². The zero-order valence-corrected chi connectivity index (χ0v) is 15.7. The Hall–Kier alpha value is -1.53. The van der Waals surface area contributed by atoms with Crippen molar-refractivity contribution in [1.82, 2.24) is 4.90 Å². The van der Waals surface area contributed by atoms with E-state index in [1.165, 1.54) is 0 Å². The van der Waals surface area contributed by atoms with Gasteiger partial charge in [0.1, 0.15) is 12.6 Å². The Balaban J connectivity index is 1.72. The first-order valence-corrected chi connectivity index (χ1v) is 9.76. The second-order valence-electron chi connectivity index (χ2n) is 7.21. The third kappa shape index (κ3) is 3.42. The van der Waals surface area contributed by atoms with Gasteiger partial charge in [-0.1, -0.05) is 37.3 Å². The minimum atomic E-state index is -1.07. The summed E-state index contributed by atoms with van der Waals surface area (Å²) in [6.07, 6.45) is 0.726. The van der Waals surface area contributed by atoms with Crippen LogP contribution in [0.15, 0.2) is 30.3 Å². The fraction of sp³-hybridized carbons (Fsp3) is 0.579. The second kappa shape index (κ2) is 7.00. The van der Waals surface area contributed by atoms with Crippen molar-refractivity contribution in [3.8, 4) is 0 Å². The summed E-state index contributed by atoms with van der Waals surface area (Å²) in [6, 6.07) is 8.89. The molecule has 1 unspecified atom stereocenters. The Kier molecular flexibility index (Phi) is 5.11. The second-order valence-corrected chi connectivity index (χ2v) is 8.73. The molecule has 136 valence electrons. The maximum Gasteiger partial charge on any atom is 0.330 e. The first kappa shape index (κ1) is 18.3. The lowest BCUT2D eigenvalue weighted by Crippen LogP contribution is -2.67. The zero-order chi connectivity index (χ0) is 18.2. The molecule has 2 aliphatic heterocycles. The van der Waals surface area contributed by atoms with Crippen LogP contribution in [-0.4, -0.2) is 50.6 Å². The number of nitrogens with zero attached hydrogens (tertiary/aromatic N) is 1. The minimum Gasteiger partial charge on any atom is -0.459 e. The van der Waals surface area contributed by atoms with E-state index in [2.05, 4.69) is 0 Å². The number of hydrogen-bond acceptors (Lipinski definition) is 5. The molecule has 1 amide bonds. The predicted octanol–water partition coefficient (Wildman–Crippen LogP) is 2.22. The van der Waals surface area contributed by atoms with E-state index < -0.39 is 17.6 Å². The van der Waals surface area contributed by atoms with Gasteiger partial charge in [0.05, 0.1) is 11.5 Å². The van der Waals surface area contributed by atoms with Crippen molar-refractivity contribution < 1.29 is 19.4 Å². The Labute approximate surface area is 152 Å². The Morgan fingerprint density at radius 1 is 1.36 bits per heavy atom. The molecule has 2 heterocycles. The van der Waals surface area contributed by atoms with Gasteiger partial charge in [0.25, 0.3) is 0 Å². The molecule has 0 radical (unpaired) electrons. The number of benzene rings is 1. The van der Waals surface area contributed by atoms with Crippen molar-refractivity contribution in [1.29, 1.82) is 0 Å². The lowest BCUT2D eigenvalue weighted by atomic mass is 9.76. The molecule has 5 nitrogen and oxygen atoms in total. The third-order valence-electron chi connectivity index (χ3n) is 5.00. The van der Waals surface area contributed by atoms with Crippen molar-refractivity contribution in [2.24, 2.45) is 5.92 Å². The molecule has 6 heteroatoms.